The average molecular weight is 159 g/mol. The van der Waals surface area contributed by atoms with Crippen molar-refractivity contribution in [3.05, 3.63) is 33.8 Å². The summed E-state index contributed by atoms with van der Waals surface area (Å²) in [5.74, 6) is 0. The molecule has 1 aromatic heterocycles. The van der Waals surface area contributed by atoms with Crippen LogP contribution >= 0.6 is 11.5 Å². The molecule has 52 valence electrons. The normalized spacial score (nSPS) is 9.45. The van der Waals surface area contributed by atoms with Crippen LogP contribution in [0.25, 0.3) is 10.9 Å². The molecule has 0 amide bonds. The molecule has 1 N–H and O–H groups in total. The van der Waals surface area contributed by atoms with Gasteiger partial charge in [0.25, 0.3) is 4.74 Å². The number of rotatable bonds is 0. The Bertz CT molecular complexity index is 406. The van der Waals surface area contributed by atoms with Crippen LogP contribution in [-0.4, -0.2) is 23.2 Å². The molecule has 2 rings (SSSR count). The summed E-state index contributed by atoms with van der Waals surface area (Å²) in [5, 5.41) is 0.785. The monoisotopic (exact) mass is 159 g/mol. The van der Waals surface area contributed by atoms with Crippen molar-refractivity contribution in [1.29, 1.82) is 0 Å². The molecule has 4 heteroatoms. The predicted octanol–water partition coefficient (Wildman–Crippen LogP) is 0.941. The third kappa shape index (κ3) is 1.41. The summed E-state index contributed by atoms with van der Waals surface area (Å²) in [4.78, 5) is 11.0. The van der Waals surface area contributed by atoms with Crippen LogP contribution in [0.1, 0.15) is 0 Å². The van der Waals surface area contributed by atoms with E-state index in [1.807, 2.05) is 24.3 Å². The molecular formula is C7H6LiNOS. The molecule has 11 heavy (non-hydrogen) atoms. The Morgan fingerprint density at radius 1 is 1.27 bits per heavy atom. The molecule has 1 aromatic carbocycles. The Morgan fingerprint density at radius 2 is 2.00 bits per heavy atom. The van der Waals surface area contributed by atoms with Crippen LogP contribution in [0.5, 0.6) is 0 Å². The predicted molar refractivity (Wildman–Crippen MR) is 49.6 cm³/mol. The molecule has 2 aromatic rings. The third-order valence-electron chi connectivity index (χ3n) is 1.40. The van der Waals surface area contributed by atoms with Gasteiger partial charge in [0.1, 0.15) is 0 Å². The first kappa shape index (κ1) is 8.60. The number of hydrogen-bond donors (Lipinski definition) is 1. The standard InChI is InChI=1S/C7H5NOS.Li.H/c9-7-5-3-1-2-4-6(5)8-10-7;;/h1-4,8H;;. The Kier molecular flexibility index (Phi) is 2.56. The number of H-pyrrole nitrogens is 1. The maximum atomic E-state index is 11.0. The number of hydrogen-bond acceptors (Lipinski definition) is 2. The average Bonchev–Trinajstić information content (AvgIpc) is 2.34. The molecule has 0 saturated heterocycles. The molecule has 0 aliphatic heterocycles. The van der Waals surface area contributed by atoms with Gasteiger partial charge < -0.3 is 4.37 Å². The van der Waals surface area contributed by atoms with Crippen molar-refractivity contribution < 1.29 is 0 Å². The molecule has 2 nitrogen and oxygen atoms in total. The van der Waals surface area contributed by atoms with Gasteiger partial charge in [-0.1, -0.05) is 12.1 Å². The first-order valence-electron chi connectivity index (χ1n) is 2.94. The number of aromatic amines is 1. The van der Waals surface area contributed by atoms with Crippen LogP contribution in [0.4, 0.5) is 0 Å². The number of nitrogens with one attached hydrogen (secondary N) is 1. The van der Waals surface area contributed by atoms with Gasteiger partial charge in [-0.2, -0.15) is 0 Å². The van der Waals surface area contributed by atoms with Gasteiger partial charge in [0.05, 0.1) is 10.9 Å². The summed E-state index contributed by atoms with van der Waals surface area (Å²) in [6.45, 7) is 0. The zero-order valence-electron chi connectivity index (χ0n) is 5.13. The van der Waals surface area contributed by atoms with E-state index in [0.717, 1.165) is 22.4 Å². The van der Waals surface area contributed by atoms with E-state index in [2.05, 4.69) is 4.37 Å². The second-order valence-corrected chi connectivity index (χ2v) is 2.82. The number of benzene rings is 1. The van der Waals surface area contributed by atoms with Crippen molar-refractivity contribution in [2.45, 2.75) is 0 Å². The van der Waals surface area contributed by atoms with Crippen molar-refractivity contribution in [3.63, 3.8) is 0 Å². The van der Waals surface area contributed by atoms with Gasteiger partial charge >= 0.3 is 18.9 Å². The molecule has 0 aliphatic rings. The van der Waals surface area contributed by atoms with E-state index in [1.54, 1.807) is 0 Å². The van der Waals surface area contributed by atoms with E-state index in [0.29, 0.717) is 0 Å². The van der Waals surface area contributed by atoms with Crippen LogP contribution in [0, 0.1) is 0 Å². The van der Waals surface area contributed by atoms with E-state index in [9.17, 15) is 4.79 Å². The third-order valence-corrected chi connectivity index (χ3v) is 2.13. The van der Waals surface area contributed by atoms with Gasteiger partial charge in [-0.25, -0.2) is 0 Å². The number of para-hydroxylation sites is 1. The van der Waals surface area contributed by atoms with E-state index < -0.39 is 0 Å². The van der Waals surface area contributed by atoms with Gasteiger partial charge in [0.15, 0.2) is 0 Å². The quantitative estimate of drug-likeness (QED) is 0.570. The van der Waals surface area contributed by atoms with E-state index in [-0.39, 0.29) is 23.6 Å². The molecular weight excluding hydrogens is 153 g/mol. The van der Waals surface area contributed by atoms with Gasteiger partial charge in [0, 0.05) is 0 Å². The zero-order chi connectivity index (χ0) is 6.97. The van der Waals surface area contributed by atoms with Crippen LogP contribution in [0.15, 0.2) is 29.1 Å². The molecule has 0 atom stereocenters. The van der Waals surface area contributed by atoms with Crippen LogP contribution in [-0.2, 0) is 0 Å². The summed E-state index contributed by atoms with van der Waals surface area (Å²) in [7, 11) is 0. The molecule has 0 fully saturated rings. The van der Waals surface area contributed by atoms with E-state index in [1.165, 1.54) is 0 Å². The van der Waals surface area contributed by atoms with Gasteiger partial charge in [-0.15, -0.1) is 0 Å². The minimum atomic E-state index is 0. The first-order chi connectivity index (χ1) is 4.88. The second-order valence-electron chi connectivity index (χ2n) is 2.04. The summed E-state index contributed by atoms with van der Waals surface area (Å²) in [6.07, 6.45) is 0. The first-order valence-corrected chi connectivity index (χ1v) is 3.76. The molecule has 0 radical (unpaired) electrons. The van der Waals surface area contributed by atoms with Gasteiger partial charge in [-0.05, 0) is 23.7 Å². The maximum absolute atomic E-state index is 11.0. The van der Waals surface area contributed by atoms with Crippen LogP contribution in [0.2, 0.25) is 0 Å². The summed E-state index contributed by atoms with van der Waals surface area (Å²) < 4.78 is 3.02. The fourth-order valence-corrected chi connectivity index (χ4v) is 1.58. The molecule has 0 spiro atoms. The fourth-order valence-electron chi connectivity index (χ4n) is 0.906. The Labute approximate surface area is 79.6 Å². The summed E-state index contributed by atoms with van der Waals surface area (Å²) >= 11 is 1.14. The minimum absolute atomic E-state index is 0. The molecule has 0 saturated carbocycles. The van der Waals surface area contributed by atoms with Crippen molar-refractivity contribution in [2.24, 2.45) is 0 Å². The Balaban J connectivity index is 0.000000605. The zero-order valence-corrected chi connectivity index (χ0v) is 5.94. The Morgan fingerprint density at radius 3 is 2.73 bits per heavy atom. The van der Waals surface area contributed by atoms with Crippen molar-refractivity contribution in [3.8, 4) is 0 Å². The van der Waals surface area contributed by atoms with Crippen molar-refractivity contribution >= 4 is 41.3 Å². The van der Waals surface area contributed by atoms with Gasteiger partial charge in [-0.3, -0.25) is 4.79 Å². The number of fused-ring (bicyclic) bond motifs is 1. The molecule has 0 aliphatic carbocycles. The van der Waals surface area contributed by atoms with Gasteiger partial charge in [0.2, 0.25) is 0 Å². The molecule has 0 unspecified atom stereocenters. The number of aromatic nitrogens is 1. The second kappa shape index (κ2) is 3.27. The van der Waals surface area contributed by atoms with Crippen LogP contribution < -0.4 is 4.74 Å². The van der Waals surface area contributed by atoms with Crippen molar-refractivity contribution in [1.82, 2.24) is 4.37 Å². The van der Waals surface area contributed by atoms with E-state index >= 15 is 0 Å². The molecule has 0 bridgehead atoms. The van der Waals surface area contributed by atoms with Crippen LogP contribution in [0.3, 0.4) is 0 Å². The SMILES string of the molecule is O=c1s[nH]c2ccccc12.[LiH]. The summed E-state index contributed by atoms with van der Waals surface area (Å²) in [6, 6.07) is 7.49. The van der Waals surface area contributed by atoms with Crippen molar-refractivity contribution in [2.75, 3.05) is 0 Å². The summed E-state index contributed by atoms with van der Waals surface area (Å²) in [5.41, 5.74) is 0.928. The topological polar surface area (TPSA) is 32.9 Å². The Hall–Kier alpha value is -0.493. The molecule has 1 heterocycles. The fraction of sp³-hybridized carbons (Fsp3) is 0. The van der Waals surface area contributed by atoms with E-state index in [4.69, 9.17) is 0 Å².